The molecule has 1 N–H and O–H groups in total. The quantitative estimate of drug-likeness (QED) is 0.623. The molecular formula is C18H12F6N4O. The van der Waals surface area contributed by atoms with E-state index in [9.17, 15) is 31.1 Å². The summed E-state index contributed by atoms with van der Waals surface area (Å²) < 4.78 is 79.7. The fourth-order valence-corrected chi connectivity index (χ4v) is 2.60. The molecule has 0 aliphatic heterocycles. The average molecular weight is 414 g/mol. The number of nitrogens with one attached hydrogen (secondary N) is 1. The summed E-state index contributed by atoms with van der Waals surface area (Å²) >= 11 is 0. The first kappa shape index (κ1) is 20.4. The molecule has 1 amide bonds. The van der Waals surface area contributed by atoms with Crippen LogP contribution in [0, 0.1) is 6.92 Å². The van der Waals surface area contributed by atoms with Crippen molar-refractivity contribution in [2.75, 3.05) is 5.32 Å². The van der Waals surface area contributed by atoms with Gasteiger partial charge in [-0.3, -0.25) is 9.78 Å². The summed E-state index contributed by atoms with van der Waals surface area (Å²) in [4.78, 5) is 15.5. The van der Waals surface area contributed by atoms with E-state index in [1.807, 2.05) is 5.32 Å². The summed E-state index contributed by atoms with van der Waals surface area (Å²) in [7, 11) is 0. The summed E-state index contributed by atoms with van der Waals surface area (Å²) in [5.74, 6) is -1.25. The van der Waals surface area contributed by atoms with Crippen molar-refractivity contribution >= 4 is 11.6 Å². The number of aromatic nitrogens is 3. The Morgan fingerprint density at radius 3 is 2.38 bits per heavy atom. The van der Waals surface area contributed by atoms with E-state index in [-0.39, 0.29) is 11.4 Å². The third-order valence-electron chi connectivity index (χ3n) is 3.84. The molecule has 152 valence electrons. The topological polar surface area (TPSA) is 59.8 Å². The van der Waals surface area contributed by atoms with Gasteiger partial charge in [0.1, 0.15) is 5.69 Å². The van der Waals surface area contributed by atoms with Crippen LogP contribution in [0.4, 0.5) is 32.0 Å². The number of alkyl halides is 6. The van der Waals surface area contributed by atoms with Crippen LogP contribution < -0.4 is 5.32 Å². The number of carbonyl (C=O) groups excluding carboxylic acids is 1. The summed E-state index contributed by atoms with van der Waals surface area (Å²) in [5, 5.41) is 5.68. The zero-order valence-electron chi connectivity index (χ0n) is 14.6. The Kier molecular flexibility index (Phi) is 5.07. The van der Waals surface area contributed by atoms with Crippen LogP contribution in [-0.4, -0.2) is 20.7 Å². The molecule has 0 spiro atoms. The molecule has 0 aliphatic rings. The zero-order chi connectivity index (χ0) is 21.4. The van der Waals surface area contributed by atoms with Crippen LogP contribution in [-0.2, 0) is 12.4 Å². The minimum atomic E-state index is -4.94. The number of amides is 1. The van der Waals surface area contributed by atoms with Crippen molar-refractivity contribution in [2.24, 2.45) is 0 Å². The maximum atomic E-state index is 13.6. The van der Waals surface area contributed by atoms with Gasteiger partial charge in [-0.05, 0) is 36.8 Å². The number of hydrogen-bond acceptors (Lipinski definition) is 3. The Balaban J connectivity index is 2.00. The van der Waals surface area contributed by atoms with Crippen LogP contribution in [0.2, 0.25) is 0 Å². The average Bonchev–Trinajstić information content (AvgIpc) is 3.07. The first-order valence-electron chi connectivity index (χ1n) is 8.03. The van der Waals surface area contributed by atoms with Gasteiger partial charge in [-0.25, -0.2) is 4.68 Å². The molecule has 0 radical (unpaired) electrons. The molecule has 1 aromatic carbocycles. The molecule has 3 aromatic rings. The number of carbonyl (C=O) groups is 1. The number of hydrogen-bond donors (Lipinski definition) is 1. The highest BCUT2D eigenvalue weighted by Gasteiger charge is 2.40. The van der Waals surface area contributed by atoms with E-state index in [4.69, 9.17) is 0 Å². The summed E-state index contributed by atoms with van der Waals surface area (Å²) in [6.07, 6.45) is -8.21. The zero-order valence-corrected chi connectivity index (χ0v) is 14.6. The first-order valence-corrected chi connectivity index (χ1v) is 8.03. The lowest BCUT2D eigenvalue weighted by Crippen LogP contribution is -2.21. The molecule has 5 nitrogen and oxygen atoms in total. The Labute approximate surface area is 160 Å². The van der Waals surface area contributed by atoms with Gasteiger partial charge in [0.2, 0.25) is 0 Å². The molecule has 2 aromatic heterocycles. The highest BCUT2D eigenvalue weighted by molar-refractivity contribution is 6.05. The minimum Gasteiger partial charge on any atom is -0.322 e. The predicted molar refractivity (Wildman–Crippen MR) is 90.5 cm³/mol. The van der Waals surface area contributed by atoms with Crippen LogP contribution in [0.25, 0.3) is 5.69 Å². The number of nitrogens with zero attached hydrogens (tertiary/aromatic N) is 3. The van der Waals surface area contributed by atoms with Crippen molar-refractivity contribution in [3.63, 3.8) is 0 Å². The van der Waals surface area contributed by atoms with Crippen molar-refractivity contribution in [2.45, 2.75) is 19.3 Å². The van der Waals surface area contributed by atoms with Crippen LogP contribution in [0.5, 0.6) is 0 Å². The highest BCUT2D eigenvalue weighted by atomic mass is 19.4. The van der Waals surface area contributed by atoms with Crippen molar-refractivity contribution in [1.29, 1.82) is 0 Å². The number of halogens is 6. The maximum absolute atomic E-state index is 13.6. The van der Waals surface area contributed by atoms with E-state index in [1.54, 1.807) is 13.0 Å². The molecule has 0 fully saturated rings. The van der Waals surface area contributed by atoms with E-state index >= 15 is 0 Å². The van der Waals surface area contributed by atoms with Gasteiger partial charge in [0.15, 0.2) is 5.69 Å². The smallest absolute Gasteiger partial charge is 0.322 e. The van der Waals surface area contributed by atoms with Gasteiger partial charge in [-0.2, -0.15) is 31.4 Å². The van der Waals surface area contributed by atoms with Crippen LogP contribution in [0.1, 0.15) is 27.3 Å². The third-order valence-corrected chi connectivity index (χ3v) is 3.84. The molecule has 0 saturated carbocycles. The third kappa shape index (κ3) is 4.39. The lowest BCUT2D eigenvalue weighted by atomic mass is 10.2. The summed E-state index contributed by atoms with van der Waals surface area (Å²) in [6, 6.07) is 7.59. The Hall–Kier alpha value is -3.37. The Morgan fingerprint density at radius 1 is 1.03 bits per heavy atom. The minimum absolute atomic E-state index is 0.0830. The van der Waals surface area contributed by atoms with Gasteiger partial charge < -0.3 is 5.32 Å². The molecule has 0 atom stereocenters. The number of rotatable bonds is 3. The second-order valence-electron chi connectivity index (χ2n) is 6.04. The van der Waals surface area contributed by atoms with Crippen molar-refractivity contribution in [3.05, 3.63) is 71.3 Å². The fraction of sp³-hybridized carbons (Fsp3) is 0.167. The van der Waals surface area contributed by atoms with Crippen molar-refractivity contribution in [3.8, 4) is 5.69 Å². The second-order valence-corrected chi connectivity index (χ2v) is 6.04. The van der Waals surface area contributed by atoms with Gasteiger partial charge in [0.25, 0.3) is 5.91 Å². The van der Waals surface area contributed by atoms with E-state index < -0.39 is 35.2 Å². The van der Waals surface area contributed by atoms with E-state index in [1.165, 1.54) is 18.2 Å². The molecule has 0 bridgehead atoms. The number of pyridine rings is 1. The lowest BCUT2D eigenvalue weighted by Gasteiger charge is -2.13. The van der Waals surface area contributed by atoms with E-state index in [0.717, 1.165) is 12.3 Å². The molecule has 0 aliphatic carbocycles. The molecule has 11 heteroatoms. The van der Waals surface area contributed by atoms with Gasteiger partial charge in [0, 0.05) is 11.9 Å². The maximum Gasteiger partial charge on any atom is 0.434 e. The number of aryl methyl sites for hydroxylation is 1. The predicted octanol–water partition coefficient (Wildman–Crippen LogP) is 4.87. The van der Waals surface area contributed by atoms with Gasteiger partial charge >= 0.3 is 12.4 Å². The van der Waals surface area contributed by atoms with Gasteiger partial charge in [0.05, 0.1) is 17.4 Å². The van der Waals surface area contributed by atoms with Crippen LogP contribution in [0.3, 0.4) is 0 Å². The molecular weight excluding hydrogens is 402 g/mol. The van der Waals surface area contributed by atoms with Crippen LogP contribution >= 0.6 is 0 Å². The largest absolute Gasteiger partial charge is 0.434 e. The fourth-order valence-electron chi connectivity index (χ4n) is 2.60. The highest BCUT2D eigenvalue weighted by Crippen LogP contribution is 2.34. The van der Waals surface area contributed by atoms with E-state index in [0.29, 0.717) is 22.5 Å². The standard InChI is InChI=1S/C18H12F6N4O/c1-10-3-2-4-12(7-10)28-15(18(22,23)24)13(9-26-28)16(29)27-11-5-6-25-14(8-11)17(19,20)21/h2-9H,1H3,(H,25,27,29). The lowest BCUT2D eigenvalue weighted by molar-refractivity contribution is -0.143. The normalized spacial score (nSPS) is 12.1. The molecule has 0 saturated heterocycles. The Morgan fingerprint density at radius 2 is 1.76 bits per heavy atom. The second kappa shape index (κ2) is 7.22. The van der Waals surface area contributed by atoms with Crippen molar-refractivity contribution in [1.82, 2.24) is 14.8 Å². The number of anilines is 1. The summed E-state index contributed by atoms with van der Waals surface area (Å²) in [5.41, 5.74) is -3.06. The van der Waals surface area contributed by atoms with Gasteiger partial charge in [-0.1, -0.05) is 12.1 Å². The molecule has 3 rings (SSSR count). The monoisotopic (exact) mass is 414 g/mol. The first-order chi connectivity index (χ1) is 13.5. The van der Waals surface area contributed by atoms with Gasteiger partial charge in [-0.15, -0.1) is 0 Å². The molecule has 0 unspecified atom stereocenters. The van der Waals surface area contributed by atoms with Crippen molar-refractivity contribution < 1.29 is 31.1 Å². The summed E-state index contributed by atoms with van der Waals surface area (Å²) in [6.45, 7) is 1.68. The van der Waals surface area contributed by atoms with E-state index in [2.05, 4.69) is 10.1 Å². The SMILES string of the molecule is Cc1cccc(-n2ncc(C(=O)Nc3ccnc(C(F)(F)F)c3)c2C(F)(F)F)c1. The Bertz CT molecular complexity index is 1050. The molecule has 2 heterocycles. The molecule has 29 heavy (non-hydrogen) atoms. The van der Waals surface area contributed by atoms with Crippen LogP contribution in [0.15, 0.2) is 48.8 Å². The number of benzene rings is 1.